The van der Waals surface area contributed by atoms with E-state index in [4.69, 9.17) is 23.2 Å². The number of hydrogen-bond acceptors (Lipinski definition) is 5. The molecule has 9 heteroatoms. The summed E-state index contributed by atoms with van der Waals surface area (Å²) in [6.45, 7) is 3.28. The first-order valence-electron chi connectivity index (χ1n) is 8.70. The van der Waals surface area contributed by atoms with Crippen molar-refractivity contribution in [2.45, 2.75) is 19.4 Å². The van der Waals surface area contributed by atoms with Crippen molar-refractivity contribution in [3.63, 3.8) is 0 Å². The van der Waals surface area contributed by atoms with Crippen LogP contribution in [0.4, 0.5) is 11.5 Å². The minimum absolute atomic E-state index is 0.302. The van der Waals surface area contributed by atoms with Crippen LogP contribution in [0.3, 0.4) is 0 Å². The third kappa shape index (κ3) is 3.48. The maximum Gasteiger partial charge on any atom is 0.256 e. The summed E-state index contributed by atoms with van der Waals surface area (Å²) in [6, 6.07) is 6.54. The van der Waals surface area contributed by atoms with Crippen LogP contribution in [-0.4, -0.2) is 20.3 Å². The zero-order valence-corrected chi connectivity index (χ0v) is 17.0. The van der Waals surface area contributed by atoms with Gasteiger partial charge in [0.15, 0.2) is 0 Å². The van der Waals surface area contributed by atoms with Gasteiger partial charge in [0.2, 0.25) is 12.4 Å². The first kappa shape index (κ1) is 19.4. The van der Waals surface area contributed by atoms with E-state index >= 15 is 0 Å². The zero-order valence-electron chi connectivity index (χ0n) is 15.5. The smallest absolute Gasteiger partial charge is 0.256 e. The van der Waals surface area contributed by atoms with Crippen LogP contribution in [-0.2, 0) is 5.60 Å². The number of pyridine rings is 3. The maximum absolute atomic E-state index is 12.5. The van der Waals surface area contributed by atoms with Crippen LogP contribution in [0.15, 0.2) is 47.7 Å². The monoisotopic (exact) mass is 431 g/mol. The Morgan fingerprint density at radius 3 is 2.52 bits per heavy atom. The van der Waals surface area contributed by atoms with Crippen molar-refractivity contribution in [3.05, 3.63) is 68.8 Å². The normalized spacial score (nSPS) is 11.9. The molecule has 29 heavy (non-hydrogen) atoms. The summed E-state index contributed by atoms with van der Waals surface area (Å²) < 4.78 is 0.867. The standard InChI is InChI=1S/C20H16Cl2N4O3/c1-20(2,28)10-7-13(21)17(14(22)8-10)25-18-11-3-5-23-19(27)16(11)12-9-26(29)6-4-15(12)24-18/h3-9,28-29H,1-2H3,(H,23,27)/p+1. The summed E-state index contributed by atoms with van der Waals surface area (Å²) in [4.78, 5) is 19.7. The van der Waals surface area contributed by atoms with Gasteiger partial charge >= 0.3 is 0 Å². The average Bonchev–Trinajstić information content (AvgIpc) is 2.64. The SMILES string of the molecule is CC(C)(O)c1cc(Cl)c(Nc2nc3cc[n+](O)cc3c3c(=O)[nH]ccc23)c(Cl)c1. The van der Waals surface area contributed by atoms with Crippen LogP contribution in [0.25, 0.3) is 21.7 Å². The van der Waals surface area contributed by atoms with E-state index in [1.807, 2.05) is 0 Å². The summed E-state index contributed by atoms with van der Waals surface area (Å²) in [5.74, 6) is 0.383. The van der Waals surface area contributed by atoms with Gasteiger partial charge in [-0.2, -0.15) is 0 Å². The molecule has 0 aliphatic rings. The van der Waals surface area contributed by atoms with E-state index in [2.05, 4.69) is 15.3 Å². The molecule has 0 amide bonds. The molecule has 0 saturated carbocycles. The maximum atomic E-state index is 12.5. The second-order valence-corrected chi connectivity index (χ2v) is 7.99. The van der Waals surface area contributed by atoms with Crippen molar-refractivity contribution >= 4 is 56.4 Å². The molecule has 4 aromatic rings. The molecule has 0 unspecified atom stereocenters. The molecule has 0 saturated heterocycles. The number of anilines is 2. The molecule has 148 valence electrons. The van der Waals surface area contributed by atoms with Crippen molar-refractivity contribution < 1.29 is 15.0 Å². The number of rotatable bonds is 3. The Balaban J connectivity index is 1.95. The van der Waals surface area contributed by atoms with Crippen LogP contribution in [0.1, 0.15) is 19.4 Å². The number of aliphatic hydroxyl groups is 1. The van der Waals surface area contributed by atoms with Crippen molar-refractivity contribution in [1.29, 1.82) is 0 Å². The van der Waals surface area contributed by atoms with E-state index in [1.54, 1.807) is 38.1 Å². The lowest BCUT2D eigenvalue weighted by Crippen LogP contribution is -2.28. The van der Waals surface area contributed by atoms with Crippen LogP contribution < -0.4 is 15.6 Å². The number of fused-ring (bicyclic) bond motifs is 3. The van der Waals surface area contributed by atoms with E-state index in [9.17, 15) is 15.1 Å². The van der Waals surface area contributed by atoms with Gasteiger partial charge < -0.3 is 15.4 Å². The predicted molar refractivity (Wildman–Crippen MR) is 112 cm³/mol. The molecular weight excluding hydrogens is 415 g/mol. The van der Waals surface area contributed by atoms with Crippen LogP contribution in [0.2, 0.25) is 10.0 Å². The number of H-pyrrole nitrogens is 1. The Kier molecular flexibility index (Phi) is 4.61. The molecule has 3 heterocycles. The van der Waals surface area contributed by atoms with Gasteiger partial charge in [0.05, 0.1) is 37.6 Å². The summed E-state index contributed by atoms with van der Waals surface area (Å²) >= 11 is 12.8. The molecule has 4 rings (SSSR count). The largest absolute Gasteiger partial charge is 0.386 e. The fraction of sp³-hybridized carbons (Fsp3) is 0.150. The van der Waals surface area contributed by atoms with Gasteiger partial charge in [0.25, 0.3) is 5.56 Å². The number of nitrogens with one attached hydrogen (secondary N) is 2. The summed E-state index contributed by atoms with van der Waals surface area (Å²) in [7, 11) is 0. The highest BCUT2D eigenvalue weighted by Gasteiger charge is 2.21. The second-order valence-electron chi connectivity index (χ2n) is 7.18. The van der Waals surface area contributed by atoms with E-state index in [0.717, 1.165) is 4.73 Å². The van der Waals surface area contributed by atoms with Crippen LogP contribution in [0, 0.1) is 0 Å². The molecule has 0 radical (unpaired) electrons. The fourth-order valence-electron chi connectivity index (χ4n) is 3.15. The number of hydrogen-bond donors (Lipinski definition) is 4. The zero-order chi connectivity index (χ0) is 20.9. The third-order valence-electron chi connectivity index (χ3n) is 4.63. The number of aromatic nitrogens is 3. The lowest BCUT2D eigenvalue weighted by atomic mass is 9.98. The molecule has 0 aliphatic carbocycles. The van der Waals surface area contributed by atoms with Gasteiger partial charge in [-0.25, -0.2) is 4.98 Å². The Bertz CT molecular complexity index is 1310. The summed E-state index contributed by atoms with van der Waals surface area (Å²) in [5, 5.41) is 25.1. The van der Waals surface area contributed by atoms with Crippen LogP contribution >= 0.6 is 23.2 Å². The van der Waals surface area contributed by atoms with Gasteiger partial charge in [-0.3, -0.25) is 10.0 Å². The molecule has 7 nitrogen and oxygen atoms in total. The molecule has 1 aromatic carbocycles. The Labute approximate surface area is 175 Å². The molecule has 0 bridgehead atoms. The van der Waals surface area contributed by atoms with Gasteiger partial charge in [0, 0.05) is 22.4 Å². The van der Waals surface area contributed by atoms with E-state index in [1.165, 1.54) is 18.6 Å². The number of benzene rings is 1. The highest BCUT2D eigenvalue weighted by atomic mass is 35.5. The molecular formula is C20H17Cl2N4O3+. The van der Waals surface area contributed by atoms with Gasteiger partial charge in [-0.15, -0.1) is 0 Å². The predicted octanol–water partition coefficient (Wildman–Crippen LogP) is 3.88. The fourth-order valence-corrected chi connectivity index (χ4v) is 3.73. The Morgan fingerprint density at radius 2 is 1.86 bits per heavy atom. The number of aromatic amines is 1. The van der Waals surface area contributed by atoms with Crippen molar-refractivity contribution in [1.82, 2.24) is 9.97 Å². The first-order chi connectivity index (χ1) is 13.6. The topological polar surface area (TPSA) is 102 Å². The second kappa shape index (κ2) is 6.88. The Morgan fingerprint density at radius 1 is 1.17 bits per heavy atom. The van der Waals surface area contributed by atoms with Gasteiger partial charge in [0.1, 0.15) is 5.82 Å². The van der Waals surface area contributed by atoms with Crippen molar-refractivity contribution in [3.8, 4) is 0 Å². The average molecular weight is 432 g/mol. The molecule has 3 aromatic heterocycles. The Hall–Kier alpha value is -2.87. The van der Waals surface area contributed by atoms with E-state index < -0.39 is 5.60 Å². The molecule has 0 spiro atoms. The summed E-state index contributed by atoms with van der Waals surface area (Å²) in [6.07, 6.45) is 4.35. The van der Waals surface area contributed by atoms with Crippen LogP contribution in [0.5, 0.6) is 0 Å². The molecule has 0 atom stereocenters. The summed E-state index contributed by atoms with van der Waals surface area (Å²) in [5.41, 5.74) is 0.0504. The number of halogens is 2. The highest BCUT2D eigenvalue weighted by Crippen LogP contribution is 2.38. The molecule has 0 fully saturated rings. The minimum atomic E-state index is -1.10. The van der Waals surface area contributed by atoms with E-state index in [0.29, 0.717) is 48.8 Å². The molecule has 0 aliphatic heterocycles. The van der Waals surface area contributed by atoms with Crippen molar-refractivity contribution in [2.75, 3.05) is 5.32 Å². The lowest BCUT2D eigenvalue weighted by Gasteiger charge is -2.20. The van der Waals surface area contributed by atoms with E-state index in [-0.39, 0.29) is 5.56 Å². The van der Waals surface area contributed by atoms with Crippen molar-refractivity contribution in [2.24, 2.45) is 0 Å². The first-order valence-corrected chi connectivity index (χ1v) is 9.45. The third-order valence-corrected chi connectivity index (χ3v) is 5.23. The highest BCUT2D eigenvalue weighted by molar-refractivity contribution is 6.39. The minimum Gasteiger partial charge on any atom is -0.386 e. The molecule has 4 N–H and O–H groups in total. The van der Waals surface area contributed by atoms with Gasteiger partial charge in [-0.05, 0) is 37.6 Å². The lowest BCUT2D eigenvalue weighted by molar-refractivity contribution is -0.903. The number of nitrogens with zero attached hydrogens (tertiary/aromatic N) is 2. The van der Waals surface area contributed by atoms with Gasteiger partial charge in [-0.1, -0.05) is 23.2 Å². The quantitative estimate of drug-likeness (QED) is 0.224.